The van der Waals surface area contributed by atoms with E-state index in [2.05, 4.69) is 58.6 Å². The van der Waals surface area contributed by atoms with Gasteiger partial charge in [0.25, 0.3) is 10.1 Å². The van der Waals surface area contributed by atoms with Crippen molar-refractivity contribution in [2.75, 3.05) is 26.4 Å². The lowest BCUT2D eigenvalue weighted by Crippen LogP contribution is -2.35. The highest BCUT2D eigenvalue weighted by Gasteiger charge is 2.35. The Hall–Kier alpha value is -5.47. The highest BCUT2D eigenvalue weighted by Crippen LogP contribution is 2.24. The van der Waals surface area contributed by atoms with Gasteiger partial charge in [-0.25, -0.2) is 0 Å². The molecule has 14 heteroatoms. The summed E-state index contributed by atoms with van der Waals surface area (Å²) in [7, 11) is -4.98. The molecular formula is C48H62N4O9S. The Bertz CT molecular complexity index is 2060. The van der Waals surface area contributed by atoms with Crippen LogP contribution in [0, 0.1) is 0 Å². The number of carbonyl (C=O) groups is 2. The molecule has 0 saturated heterocycles. The van der Waals surface area contributed by atoms with E-state index in [9.17, 15) is 22.6 Å². The molecule has 0 bridgehead atoms. The summed E-state index contributed by atoms with van der Waals surface area (Å²) in [5, 5.41) is 15.0. The molecular weight excluding hydrogens is 809 g/mol. The molecule has 62 heavy (non-hydrogen) atoms. The molecule has 0 aliphatic heterocycles. The molecule has 334 valence electrons. The molecule has 0 heterocycles. The molecule has 1 atom stereocenters. The quantitative estimate of drug-likeness (QED) is 0.0231. The first-order valence-corrected chi connectivity index (χ1v) is 23.4. The third-order valence-corrected chi connectivity index (χ3v) is 11.0. The first-order chi connectivity index (χ1) is 30.1. The van der Waals surface area contributed by atoms with Crippen molar-refractivity contribution in [1.29, 1.82) is 0 Å². The van der Waals surface area contributed by atoms with Crippen molar-refractivity contribution in [2.45, 2.75) is 115 Å². The van der Waals surface area contributed by atoms with Gasteiger partial charge >= 0.3 is 11.9 Å². The van der Waals surface area contributed by atoms with Gasteiger partial charge in [-0.1, -0.05) is 102 Å². The van der Waals surface area contributed by atoms with E-state index in [1.807, 2.05) is 24.3 Å². The summed E-state index contributed by atoms with van der Waals surface area (Å²) in [6.07, 6.45) is 16.4. The lowest BCUT2D eigenvalue weighted by atomic mass is 10.0. The molecule has 0 aliphatic rings. The minimum absolute atomic E-state index is 0.0486. The van der Waals surface area contributed by atoms with Gasteiger partial charge in [0, 0.05) is 0 Å². The van der Waals surface area contributed by atoms with E-state index in [1.165, 1.54) is 88.2 Å². The average molecular weight is 871 g/mol. The molecule has 1 unspecified atom stereocenters. The van der Waals surface area contributed by atoms with Crippen molar-refractivity contribution in [1.82, 2.24) is 0 Å². The standard InChI is InChI=1S/C48H62N4O9S/c1-3-5-7-9-11-13-15-38-17-21-40(22-18-38)49-51-42-25-29-44(30-26-42)58-33-35-60-47(53)37-46(62(55,56)57)48(54)61-36-34-59-45-31-27-43(28-32-45)52-50-41-23-19-39(20-24-41)16-14-12-10-8-6-4-2/h17-32,46H,3-16,33-37H2,1-2H3,(H,55,56,57). The van der Waals surface area contributed by atoms with E-state index < -0.39 is 33.7 Å². The SMILES string of the molecule is CCCCCCCCc1ccc(N=Nc2ccc(OCCOC(=O)CC(C(=O)OCCOc3ccc(N=Nc4ccc(CCCCCCCC)cc4)cc3)S(=O)(=O)O)cc2)cc1. The van der Waals surface area contributed by atoms with Crippen LogP contribution in [0.25, 0.3) is 0 Å². The lowest BCUT2D eigenvalue weighted by molar-refractivity contribution is -0.150. The van der Waals surface area contributed by atoms with Crippen molar-refractivity contribution in [3.63, 3.8) is 0 Å². The van der Waals surface area contributed by atoms with Gasteiger partial charge in [0.1, 0.15) is 37.9 Å². The number of hydrogen-bond acceptors (Lipinski definition) is 12. The Morgan fingerprint density at radius 3 is 1.24 bits per heavy atom. The second-order valence-corrected chi connectivity index (χ2v) is 16.6. The van der Waals surface area contributed by atoms with Gasteiger partial charge in [-0.3, -0.25) is 14.1 Å². The molecule has 0 aromatic heterocycles. The summed E-state index contributed by atoms with van der Waals surface area (Å²) in [6, 6.07) is 29.8. The highest BCUT2D eigenvalue weighted by molar-refractivity contribution is 7.87. The Morgan fingerprint density at radius 1 is 0.500 bits per heavy atom. The molecule has 4 aromatic carbocycles. The molecule has 0 fully saturated rings. The van der Waals surface area contributed by atoms with Gasteiger partial charge in [-0.15, -0.1) is 0 Å². The minimum atomic E-state index is -4.98. The molecule has 0 spiro atoms. The van der Waals surface area contributed by atoms with Crippen LogP contribution >= 0.6 is 0 Å². The number of azo groups is 2. The average Bonchev–Trinajstić information content (AvgIpc) is 3.28. The van der Waals surface area contributed by atoms with Gasteiger partial charge < -0.3 is 18.9 Å². The zero-order valence-electron chi connectivity index (χ0n) is 36.2. The Kier molecular flexibility index (Phi) is 22.4. The number of rotatable bonds is 30. The van der Waals surface area contributed by atoms with Crippen molar-refractivity contribution in [3.05, 3.63) is 108 Å². The van der Waals surface area contributed by atoms with Crippen molar-refractivity contribution in [3.8, 4) is 11.5 Å². The van der Waals surface area contributed by atoms with Crippen molar-refractivity contribution in [2.24, 2.45) is 20.5 Å². The third kappa shape index (κ3) is 19.9. The van der Waals surface area contributed by atoms with Crippen LogP contribution in [-0.2, 0) is 42.0 Å². The second-order valence-electron chi connectivity index (χ2n) is 15.0. The normalized spacial score (nSPS) is 12.1. The lowest BCUT2D eigenvalue weighted by Gasteiger charge is -2.14. The molecule has 0 radical (unpaired) electrons. The number of benzene rings is 4. The number of ether oxygens (including phenoxy) is 4. The Balaban J connectivity index is 1.09. The zero-order chi connectivity index (χ0) is 44.3. The summed E-state index contributed by atoms with van der Waals surface area (Å²) >= 11 is 0. The fourth-order valence-electron chi connectivity index (χ4n) is 6.36. The maximum atomic E-state index is 12.5. The summed E-state index contributed by atoms with van der Waals surface area (Å²) in [4.78, 5) is 24.9. The fraction of sp³-hybridized carbons (Fsp3) is 0.458. The predicted octanol–water partition coefficient (Wildman–Crippen LogP) is 12.5. The van der Waals surface area contributed by atoms with E-state index in [4.69, 9.17) is 18.9 Å². The summed E-state index contributed by atoms with van der Waals surface area (Å²) in [5.74, 6) is -1.41. The molecule has 1 N–H and O–H groups in total. The molecule has 0 amide bonds. The largest absolute Gasteiger partial charge is 0.490 e. The van der Waals surface area contributed by atoms with Crippen LogP contribution in [0.3, 0.4) is 0 Å². The Labute approximate surface area is 367 Å². The van der Waals surface area contributed by atoms with E-state index in [-0.39, 0.29) is 26.4 Å². The van der Waals surface area contributed by atoms with Gasteiger partial charge in [0.15, 0.2) is 5.25 Å². The van der Waals surface area contributed by atoms with Gasteiger partial charge in [-0.05, 0) is 110 Å². The van der Waals surface area contributed by atoms with Crippen molar-refractivity contribution >= 4 is 44.8 Å². The van der Waals surface area contributed by atoms with Crippen LogP contribution in [0.1, 0.15) is 108 Å². The maximum absolute atomic E-state index is 12.5. The number of aryl methyl sites for hydroxylation is 2. The van der Waals surface area contributed by atoms with Crippen LogP contribution < -0.4 is 9.47 Å². The minimum Gasteiger partial charge on any atom is -0.490 e. The number of esters is 2. The van der Waals surface area contributed by atoms with Gasteiger partial charge in [0.05, 0.1) is 29.2 Å². The van der Waals surface area contributed by atoms with Gasteiger partial charge in [0.2, 0.25) is 0 Å². The first-order valence-electron chi connectivity index (χ1n) is 21.9. The summed E-state index contributed by atoms with van der Waals surface area (Å²) in [5.41, 5.74) is 5.31. The number of hydrogen-bond donors (Lipinski definition) is 1. The van der Waals surface area contributed by atoms with Gasteiger partial charge in [-0.2, -0.15) is 28.9 Å². The van der Waals surface area contributed by atoms with E-state index >= 15 is 0 Å². The predicted molar refractivity (Wildman–Crippen MR) is 241 cm³/mol. The monoisotopic (exact) mass is 870 g/mol. The van der Waals surface area contributed by atoms with E-state index in [1.54, 1.807) is 48.5 Å². The molecule has 0 aliphatic carbocycles. The number of carbonyl (C=O) groups excluding carboxylic acids is 2. The van der Waals surface area contributed by atoms with Crippen LogP contribution in [0.2, 0.25) is 0 Å². The van der Waals surface area contributed by atoms with Crippen LogP contribution in [0.5, 0.6) is 11.5 Å². The number of unbranched alkanes of at least 4 members (excludes halogenated alkanes) is 10. The van der Waals surface area contributed by atoms with E-state index in [0.717, 1.165) is 24.2 Å². The van der Waals surface area contributed by atoms with Crippen LogP contribution in [-0.4, -0.2) is 56.6 Å². The second kappa shape index (κ2) is 28.2. The maximum Gasteiger partial charge on any atom is 0.327 e. The van der Waals surface area contributed by atoms with E-state index in [0.29, 0.717) is 22.9 Å². The highest BCUT2D eigenvalue weighted by atomic mass is 32.2. The zero-order valence-corrected chi connectivity index (χ0v) is 37.0. The smallest absolute Gasteiger partial charge is 0.327 e. The van der Waals surface area contributed by atoms with Crippen LogP contribution in [0.15, 0.2) is 118 Å². The number of nitrogens with zero attached hydrogens (tertiary/aromatic N) is 4. The molecule has 0 saturated carbocycles. The summed E-state index contributed by atoms with van der Waals surface area (Å²) in [6.45, 7) is 3.71. The molecule has 13 nitrogen and oxygen atoms in total. The van der Waals surface area contributed by atoms with Crippen LogP contribution in [0.4, 0.5) is 22.7 Å². The fourth-order valence-corrected chi connectivity index (χ4v) is 7.01. The Morgan fingerprint density at radius 2 is 0.855 bits per heavy atom. The third-order valence-electron chi connectivity index (χ3n) is 9.93. The summed E-state index contributed by atoms with van der Waals surface area (Å²) < 4.78 is 54.7. The van der Waals surface area contributed by atoms with Crippen molar-refractivity contribution < 1.29 is 41.5 Å². The first kappa shape index (κ1) is 49.2. The molecule has 4 rings (SSSR count). The topological polar surface area (TPSA) is 175 Å². The molecule has 4 aromatic rings.